The van der Waals surface area contributed by atoms with Gasteiger partial charge in [-0.15, -0.1) is 0 Å². The Morgan fingerprint density at radius 3 is 2.50 bits per heavy atom. The molecule has 20 heavy (non-hydrogen) atoms. The van der Waals surface area contributed by atoms with Gasteiger partial charge in [0.2, 0.25) is 10.0 Å². The number of fused-ring (bicyclic) bond motifs is 2. The van der Waals surface area contributed by atoms with Crippen molar-refractivity contribution in [3.05, 3.63) is 47.5 Å². The molecule has 2 saturated heterocycles. The van der Waals surface area contributed by atoms with Crippen molar-refractivity contribution < 1.29 is 8.42 Å². The average molecular weight is 291 g/mol. The van der Waals surface area contributed by atoms with Crippen LogP contribution in [0.4, 0.5) is 0 Å². The van der Waals surface area contributed by atoms with Gasteiger partial charge in [-0.3, -0.25) is 0 Å². The van der Waals surface area contributed by atoms with E-state index in [2.05, 4.69) is 6.58 Å². The maximum absolute atomic E-state index is 12.7. The molecule has 0 N–H and O–H groups in total. The number of piperidine rings is 1. The molecular formula is C16H21NO2S. The van der Waals surface area contributed by atoms with Gasteiger partial charge in [-0.1, -0.05) is 42.0 Å². The number of sulfonamides is 1. The molecule has 2 unspecified atom stereocenters. The summed E-state index contributed by atoms with van der Waals surface area (Å²) in [5.41, 5.74) is 3.20. The highest BCUT2D eigenvalue weighted by molar-refractivity contribution is 7.88. The minimum absolute atomic E-state index is 0.119. The number of benzene rings is 1. The lowest BCUT2D eigenvalue weighted by atomic mass is 10.0. The molecule has 0 aromatic heterocycles. The Kier molecular flexibility index (Phi) is 3.46. The smallest absolute Gasteiger partial charge is 0.212 e. The number of aryl methyl sites for hydroxylation is 1. The Balaban J connectivity index is 1.84. The molecule has 0 spiro atoms. The van der Waals surface area contributed by atoms with Crippen LogP contribution in [0, 0.1) is 6.92 Å². The maximum Gasteiger partial charge on any atom is 0.218 e. The van der Waals surface area contributed by atoms with Crippen LogP contribution in [0.2, 0.25) is 0 Å². The van der Waals surface area contributed by atoms with E-state index in [0.29, 0.717) is 0 Å². The minimum Gasteiger partial charge on any atom is -0.212 e. The van der Waals surface area contributed by atoms with Gasteiger partial charge in [-0.25, -0.2) is 8.42 Å². The lowest BCUT2D eigenvalue weighted by molar-refractivity contribution is 0.285. The van der Waals surface area contributed by atoms with Crippen LogP contribution in [-0.4, -0.2) is 24.8 Å². The van der Waals surface area contributed by atoms with Gasteiger partial charge in [0.25, 0.3) is 0 Å². The number of nitrogens with zero attached hydrogens (tertiary/aromatic N) is 1. The summed E-state index contributed by atoms with van der Waals surface area (Å²) in [5.74, 6) is 0.119. The molecule has 2 bridgehead atoms. The van der Waals surface area contributed by atoms with Gasteiger partial charge in [-0.05, 0) is 38.2 Å². The van der Waals surface area contributed by atoms with Crippen molar-refractivity contribution in [1.82, 2.24) is 4.31 Å². The molecule has 108 valence electrons. The first-order valence-corrected chi connectivity index (χ1v) is 8.80. The van der Waals surface area contributed by atoms with Crippen LogP contribution < -0.4 is 0 Å². The molecule has 3 rings (SSSR count). The normalized spacial score (nSPS) is 26.9. The van der Waals surface area contributed by atoms with Gasteiger partial charge >= 0.3 is 0 Å². The molecule has 2 fully saturated rings. The second-order valence-electron chi connectivity index (χ2n) is 6.12. The van der Waals surface area contributed by atoms with Crippen LogP contribution in [0.5, 0.6) is 0 Å². The Bertz CT molecular complexity index is 620. The van der Waals surface area contributed by atoms with E-state index in [9.17, 15) is 8.42 Å². The fourth-order valence-corrected chi connectivity index (χ4v) is 5.63. The molecule has 2 aliphatic rings. The Morgan fingerprint density at radius 2 is 1.90 bits per heavy atom. The predicted octanol–water partition coefficient (Wildman–Crippen LogP) is 3.01. The van der Waals surface area contributed by atoms with E-state index in [1.807, 2.05) is 31.2 Å². The molecule has 3 nitrogen and oxygen atoms in total. The van der Waals surface area contributed by atoms with Gasteiger partial charge in [0.15, 0.2) is 0 Å². The van der Waals surface area contributed by atoms with E-state index in [1.54, 1.807) is 4.31 Å². The standard InChI is InChI=1S/C16H21NO2S/c1-12-4-3-5-14(8-12)11-20(18,19)17-15-6-7-16(17)10-13(2)9-15/h3-5,8,15-16H,2,6-7,9-11H2,1H3. The zero-order chi connectivity index (χ0) is 14.3. The average Bonchev–Trinajstić information content (AvgIpc) is 2.63. The van der Waals surface area contributed by atoms with E-state index in [-0.39, 0.29) is 17.8 Å². The van der Waals surface area contributed by atoms with Gasteiger partial charge < -0.3 is 0 Å². The molecule has 1 aromatic rings. The molecule has 0 saturated carbocycles. The minimum atomic E-state index is -3.22. The summed E-state index contributed by atoms with van der Waals surface area (Å²) in [6, 6.07) is 8.07. The molecule has 0 radical (unpaired) electrons. The van der Waals surface area contributed by atoms with Crippen LogP contribution in [0.1, 0.15) is 36.8 Å². The summed E-state index contributed by atoms with van der Waals surface area (Å²) in [4.78, 5) is 0. The number of hydrogen-bond acceptors (Lipinski definition) is 2. The molecule has 0 aliphatic carbocycles. The summed E-state index contributed by atoms with van der Waals surface area (Å²) >= 11 is 0. The van der Waals surface area contributed by atoms with Crippen LogP contribution >= 0.6 is 0 Å². The predicted molar refractivity (Wildman–Crippen MR) is 80.8 cm³/mol. The second-order valence-corrected chi connectivity index (χ2v) is 7.99. The van der Waals surface area contributed by atoms with E-state index in [4.69, 9.17) is 0 Å². The van der Waals surface area contributed by atoms with Crippen LogP contribution in [-0.2, 0) is 15.8 Å². The monoisotopic (exact) mass is 291 g/mol. The number of hydrogen-bond donors (Lipinski definition) is 0. The quantitative estimate of drug-likeness (QED) is 0.803. The summed E-state index contributed by atoms with van der Waals surface area (Å²) < 4.78 is 27.2. The van der Waals surface area contributed by atoms with Crippen LogP contribution in [0.3, 0.4) is 0 Å². The molecule has 0 amide bonds. The van der Waals surface area contributed by atoms with E-state index >= 15 is 0 Å². The fourth-order valence-electron chi connectivity index (χ4n) is 3.61. The third-order valence-electron chi connectivity index (χ3n) is 4.35. The Morgan fingerprint density at radius 1 is 1.25 bits per heavy atom. The zero-order valence-corrected chi connectivity index (χ0v) is 12.7. The first-order chi connectivity index (χ1) is 9.45. The van der Waals surface area contributed by atoms with Crippen molar-refractivity contribution in [2.45, 2.75) is 50.4 Å². The van der Waals surface area contributed by atoms with Crippen molar-refractivity contribution in [1.29, 1.82) is 0 Å². The van der Waals surface area contributed by atoms with Crippen molar-refractivity contribution in [2.24, 2.45) is 0 Å². The zero-order valence-electron chi connectivity index (χ0n) is 11.9. The third-order valence-corrected chi connectivity index (χ3v) is 6.29. The molecular weight excluding hydrogens is 270 g/mol. The summed E-state index contributed by atoms with van der Waals surface area (Å²) in [7, 11) is -3.22. The molecule has 1 aromatic carbocycles. The highest BCUT2D eigenvalue weighted by Gasteiger charge is 2.44. The van der Waals surface area contributed by atoms with E-state index in [1.165, 1.54) is 5.57 Å². The van der Waals surface area contributed by atoms with E-state index in [0.717, 1.165) is 36.8 Å². The van der Waals surface area contributed by atoms with Gasteiger partial charge in [0.1, 0.15) is 0 Å². The fraction of sp³-hybridized carbons (Fsp3) is 0.500. The van der Waals surface area contributed by atoms with Crippen LogP contribution in [0.15, 0.2) is 36.4 Å². The first-order valence-electron chi connectivity index (χ1n) is 7.19. The lowest BCUT2D eigenvalue weighted by Gasteiger charge is -2.34. The molecule has 2 aliphatic heterocycles. The van der Waals surface area contributed by atoms with Gasteiger partial charge in [-0.2, -0.15) is 4.31 Å². The first kappa shape index (κ1) is 13.8. The maximum atomic E-state index is 12.7. The summed E-state index contributed by atoms with van der Waals surface area (Å²) in [6.45, 7) is 6.04. The van der Waals surface area contributed by atoms with Crippen molar-refractivity contribution in [3.8, 4) is 0 Å². The van der Waals surface area contributed by atoms with Crippen LogP contribution in [0.25, 0.3) is 0 Å². The Labute approximate surface area is 121 Å². The Hall–Kier alpha value is -1.13. The summed E-state index contributed by atoms with van der Waals surface area (Å²) in [5, 5.41) is 0. The SMILES string of the molecule is C=C1CC2CCC(C1)N2S(=O)(=O)Cc1cccc(C)c1. The van der Waals surface area contributed by atoms with Gasteiger partial charge in [0.05, 0.1) is 5.75 Å². The highest BCUT2D eigenvalue weighted by atomic mass is 32.2. The summed E-state index contributed by atoms with van der Waals surface area (Å²) in [6.07, 6.45) is 3.64. The largest absolute Gasteiger partial charge is 0.218 e. The number of rotatable bonds is 3. The highest BCUT2D eigenvalue weighted by Crippen LogP contribution is 2.40. The lowest BCUT2D eigenvalue weighted by Crippen LogP contribution is -2.44. The van der Waals surface area contributed by atoms with E-state index < -0.39 is 10.0 Å². The van der Waals surface area contributed by atoms with Gasteiger partial charge in [0, 0.05) is 12.1 Å². The topological polar surface area (TPSA) is 37.4 Å². The van der Waals surface area contributed by atoms with Crippen molar-refractivity contribution >= 4 is 10.0 Å². The third kappa shape index (κ3) is 2.54. The second kappa shape index (κ2) is 5.01. The molecule has 2 heterocycles. The molecule has 2 atom stereocenters. The van der Waals surface area contributed by atoms with Crippen molar-refractivity contribution in [3.63, 3.8) is 0 Å². The van der Waals surface area contributed by atoms with Crippen molar-refractivity contribution in [2.75, 3.05) is 0 Å². The molecule has 4 heteroatoms.